The van der Waals surface area contributed by atoms with Gasteiger partial charge >= 0.3 is 0 Å². The summed E-state index contributed by atoms with van der Waals surface area (Å²) in [4.78, 5) is 41.7. The minimum absolute atomic E-state index is 0.0454. The van der Waals surface area contributed by atoms with E-state index in [1.165, 1.54) is 4.90 Å². The molecule has 4 rings (SSSR count). The van der Waals surface area contributed by atoms with E-state index in [4.69, 9.17) is 0 Å². The molecule has 3 N–H and O–H groups in total. The molecule has 3 amide bonds. The first kappa shape index (κ1) is 23.6. The number of halogens is 1. The van der Waals surface area contributed by atoms with E-state index in [1.54, 1.807) is 11.8 Å². The SMILES string of the molecule is CCCCNC(=O)C1N(CCO)C(=O)[C@@H]2[C@H](C(=O)NCc3ccccc3)[C@H]3SC12CC3Br. The van der Waals surface area contributed by atoms with Crippen molar-refractivity contribution in [2.24, 2.45) is 11.8 Å². The fourth-order valence-electron chi connectivity index (χ4n) is 5.47. The molecule has 3 heterocycles. The van der Waals surface area contributed by atoms with Crippen molar-refractivity contribution >= 4 is 45.4 Å². The second-order valence-corrected chi connectivity index (χ2v) is 11.5. The molecule has 6 atom stereocenters. The maximum atomic E-state index is 13.5. The number of hydrogen-bond acceptors (Lipinski definition) is 5. The van der Waals surface area contributed by atoms with E-state index in [-0.39, 0.29) is 41.0 Å². The van der Waals surface area contributed by atoms with Gasteiger partial charge in [-0.15, -0.1) is 11.8 Å². The molecule has 1 aromatic rings. The third kappa shape index (κ3) is 3.96. The highest BCUT2D eigenvalue weighted by Gasteiger charge is 2.75. The molecule has 7 nitrogen and oxygen atoms in total. The highest BCUT2D eigenvalue weighted by atomic mass is 79.9. The number of fused-ring (bicyclic) bond motifs is 1. The molecule has 3 aliphatic heterocycles. The van der Waals surface area contributed by atoms with Gasteiger partial charge in [-0.3, -0.25) is 14.4 Å². The quantitative estimate of drug-likeness (QED) is 0.337. The van der Waals surface area contributed by atoms with Crippen LogP contribution in [-0.2, 0) is 20.9 Å². The van der Waals surface area contributed by atoms with E-state index in [1.807, 2.05) is 30.3 Å². The molecular weight excluding hydrogens is 494 g/mol. The van der Waals surface area contributed by atoms with E-state index >= 15 is 0 Å². The zero-order chi connectivity index (χ0) is 22.9. The first-order valence-corrected chi connectivity index (χ1v) is 13.1. The Morgan fingerprint density at radius 1 is 1.25 bits per heavy atom. The van der Waals surface area contributed by atoms with Crippen molar-refractivity contribution in [1.82, 2.24) is 15.5 Å². The van der Waals surface area contributed by atoms with Crippen LogP contribution in [0.3, 0.4) is 0 Å². The molecule has 0 radical (unpaired) electrons. The van der Waals surface area contributed by atoms with Gasteiger partial charge in [-0.1, -0.05) is 59.6 Å². The van der Waals surface area contributed by atoms with Gasteiger partial charge < -0.3 is 20.6 Å². The summed E-state index contributed by atoms with van der Waals surface area (Å²) in [5, 5.41) is 15.5. The minimum Gasteiger partial charge on any atom is -0.395 e. The fraction of sp³-hybridized carbons (Fsp3) is 0.609. The molecule has 32 heavy (non-hydrogen) atoms. The summed E-state index contributed by atoms with van der Waals surface area (Å²) in [5.74, 6) is -1.59. The van der Waals surface area contributed by atoms with E-state index in [0.717, 1.165) is 18.4 Å². The molecule has 174 valence electrons. The molecule has 1 spiro atoms. The monoisotopic (exact) mass is 523 g/mol. The number of thioether (sulfide) groups is 1. The summed E-state index contributed by atoms with van der Waals surface area (Å²) >= 11 is 5.35. The number of rotatable bonds is 9. The van der Waals surface area contributed by atoms with E-state index in [2.05, 4.69) is 33.5 Å². The van der Waals surface area contributed by atoms with Crippen LogP contribution in [-0.4, -0.2) is 68.3 Å². The normalized spacial score (nSPS) is 32.8. The van der Waals surface area contributed by atoms with Gasteiger partial charge in [0.15, 0.2) is 0 Å². The molecule has 3 saturated heterocycles. The Kier molecular flexibility index (Phi) is 7.17. The van der Waals surface area contributed by atoms with E-state index < -0.39 is 22.6 Å². The topological polar surface area (TPSA) is 98.7 Å². The fourth-order valence-corrected chi connectivity index (χ4v) is 9.08. The number of carbonyl (C=O) groups is 3. The predicted octanol–water partition coefficient (Wildman–Crippen LogP) is 1.68. The van der Waals surface area contributed by atoms with Crippen LogP contribution in [0.25, 0.3) is 0 Å². The lowest BCUT2D eigenvalue weighted by Gasteiger charge is -2.35. The molecule has 3 unspecified atom stereocenters. The number of aliphatic hydroxyl groups excluding tert-OH is 1. The summed E-state index contributed by atoms with van der Waals surface area (Å²) in [6.07, 6.45) is 2.47. The number of alkyl halides is 1. The Balaban J connectivity index is 1.59. The van der Waals surface area contributed by atoms with Gasteiger partial charge in [0.25, 0.3) is 0 Å². The van der Waals surface area contributed by atoms with Crippen molar-refractivity contribution in [3.8, 4) is 0 Å². The lowest BCUT2D eigenvalue weighted by atomic mass is 9.70. The Bertz CT molecular complexity index is 872. The first-order chi connectivity index (χ1) is 15.4. The van der Waals surface area contributed by atoms with Gasteiger partial charge in [0.1, 0.15) is 6.04 Å². The summed E-state index contributed by atoms with van der Waals surface area (Å²) in [6.45, 7) is 2.89. The van der Waals surface area contributed by atoms with Gasteiger partial charge in [-0.25, -0.2) is 0 Å². The average molecular weight is 524 g/mol. The van der Waals surface area contributed by atoms with Crippen LogP contribution in [0.15, 0.2) is 30.3 Å². The zero-order valence-electron chi connectivity index (χ0n) is 18.1. The Labute approximate surface area is 201 Å². The first-order valence-electron chi connectivity index (χ1n) is 11.3. The molecule has 9 heteroatoms. The second kappa shape index (κ2) is 9.73. The number of unbranched alkanes of at least 4 members (excludes halogenated alkanes) is 1. The number of hydrogen-bond donors (Lipinski definition) is 3. The lowest BCUT2D eigenvalue weighted by molar-refractivity contribution is -0.140. The summed E-state index contributed by atoms with van der Waals surface area (Å²) < 4.78 is -0.657. The van der Waals surface area contributed by atoms with Crippen LogP contribution >= 0.6 is 27.7 Å². The van der Waals surface area contributed by atoms with Gasteiger partial charge in [0.05, 0.1) is 23.2 Å². The number of nitrogens with zero attached hydrogens (tertiary/aromatic N) is 1. The van der Waals surface area contributed by atoms with Crippen LogP contribution in [0.5, 0.6) is 0 Å². The third-order valence-electron chi connectivity index (χ3n) is 6.82. The van der Waals surface area contributed by atoms with Gasteiger partial charge in [0, 0.05) is 29.7 Å². The highest BCUT2D eigenvalue weighted by Crippen LogP contribution is 2.67. The van der Waals surface area contributed by atoms with Crippen molar-refractivity contribution in [2.45, 2.75) is 53.6 Å². The van der Waals surface area contributed by atoms with Crippen molar-refractivity contribution in [2.75, 3.05) is 19.7 Å². The highest BCUT2D eigenvalue weighted by molar-refractivity contribution is 9.09. The van der Waals surface area contributed by atoms with Crippen molar-refractivity contribution in [3.63, 3.8) is 0 Å². The maximum absolute atomic E-state index is 13.5. The van der Waals surface area contributed by atoms with Crippen LogP contribution < -0.4 is 10.6 Å². The van der Waals surface area contributed by atoms with Gasteiger partial charge in [-0.2, -0.15) is 0 Å². The minimum atomic E-state index is -0.675. The predicted molar refractivity (Wildman–Crippen MR) is 127 cm³/mol. The molecule has 0 aromatic heterocycles. The summed E-state index contributed by atoms with van der Waals surface area (Å²) in [5.41, 5.74) is 0.995. The zero-order valence-corrected chi connectivity index (χ0v) is 20.5. The number of nitrogens with one attached hydrogen (secondary N) is 2. The lowest BCUT2D eigenvalue weighted by Crippen LogP contribution is -2.55. The standard InChI is InChI=1S/C23H30BrN3O4S/c1-2-3-9-25-21(30)19-23-12-15(24)18(32-23)16(17(23)22(31)27(19)10-11-28)20(29)26-13-14-7-5-4-6-8-14/h4-8,15-19,28H,2-3,9-13H2,1H3,(H,25,30)(H,26,29)/t15?,16-,17-,18-,19?,23?/m0/s1. The molecule has 3 fully saturated rings. The number of aliphatic hydroxyl groups is 1. The maximum Gasteiger partial charge on any atom is 0.244 e. The molecule has 3 aliphatic rings. The van der Waals surface area contributed by atoms with Crippen molar-refractivity contribution < 1.29 is 19.5 Å². The molecule has 2 bridgehead atoms. The Morgan fingerprint density at radius 2 is 2.00 bits per heavy atom. The van der Waals surface area contributed by atoms with Crippen LogP contribution in [0, 0.1) is 11.8 Å². The third-order valence-corrected chi connectivity index (χ3v) is 10.0. The second-order valence-electron chi connectivity index (χ2n) is 8.77. The molecule has 0 aliphatic carbocycles. The Morgan fingerprint density at radius 3 is 2.69 bits per heavy atom. The number of likely N-dealkylation sites (tertiary alicyclic amines) is 1. The van der Waals surface area contributed by atoms with Crippen LogP contribution in [0.1, 0.15) is 31.7 Å². The van der Waals surface area contributed by atoms with Crippen LogP contribution in [0.2, 0.25) is 0 Å². The van der Waals surface area contributed by atoms with Gasteiger partial charge in [0.2, 0.25) is 17.7 Å². The molecular formula is C23H30BrN3O4S. The molecule has 0 saturated carbocycles. The van der Waals surface area contributed by atoms with Crippen LogP contribution in [0.4, 0.5) is 0 Å². The average Bonchev–Trinajstić information content (AvgIpc) is 3.37. The number of benzene rings is 1. The smallest absolute Gasteiger partial charge is 0.244 e. The Hall–Kier alpha value is -1.58. The number of β-amino-alcohol motifs (C(OH)–C–C–N with tert-alkyl or cyclic N) is 1. The van der Waals surface area contributed by atoms with Gasteiger partial charge in [-0.05, 0) is 18.4 Å². The number of amides is 3. The van der Waals surface area contributed by atoms with Crippen molar-refractivity contribution in [1.29, 1.82) is 0 Å². The summed E-state index contributed by atoms with van der Waals surface area (Å²) in [7, 11) is 0. The number of carbonyl (C=O) groups excluding carboxylic acids is 3. The molecule has 1 aromatic carbocycles. The van der Waals surface area contributed by atoms with E-state index in [9.17, 15) is 19.5 Å². The van der Waals surface area contributed by atoms with Crippen molar-refractivity contribution in [3.05, 3.63) is 35.9 Å². The summed E-state index contributed by atoms with van der Waals surface area (Å²) in [6, 6.07) is 9.00. The largest absolute Gasteiger partial charge is 0.395 e. The van der Waals surface area contributed by atoms with E-state index in [0.29, 0.717) is 19.5 Å².